The molecule has 80 valence electrons. The molecule has 0 unspecified atom stereocenters. The third kappa shape index (κ3) is 3.04. The molecule has 0 fully saturated rings. The number of hydrogen-bond acceptors (Lipinski definition) is 2. The molecule has 1 aromatic rings. The fourth-order valence-corrected chi connectivity index (χ4v) is 1.60. The van der Waals surface area contributed by atoms with Gasteiger partial charge < -0.3 is 5.73 Å². The molecule has 15 heavy (non-hydrogen) atoms. The first-order valence-corrected chi connectivity index (χ1v) is 5.57. The van der Waals surface area contributed by atoms with E-state index in [1.807, 2.05) is 0 Å². The van der Waals surface area contributed by atoms with Gasteiger partial charge in [0, 0.05) is 10.0 Å². The van der Waals surface area contributed by atoms with Crippen molar-refractivity contribution in [1.29, 1.82) is 0 Å². The smallest absolute Gasteiger partial charge is 0.162 e. The van der Waals surface area contributed by atoms with Crippen molar-refractivity contribution in [3.63, 3.8) is 0 Å². The molecule has 0 amide bonds. The van der Waals surface area contributed by atoms with Crippen molar-refractivity contribution in [2.24, 2.45) is 10.7 Å². The zero-order valence-electron chi connectivity index (χ0n) is 8.13. The first kappa shape index (κ1) is 12.2. The maximum atomic E-state index is 11.3. The summed E-state index contributed by atoms with van der Waals surface area (Å²) in [5.74, 6) is 0.363. The Hall–Kier alpha value is -0.870. The fraction of sp³-hybridized carbons (Fsp3) is 0.200. The summed E-state index contributed by atoms with van der Waals surface area (Å²) in [5.41, 5.74) is 6.58. The van der Waals surface area contributed by atoms with Gasteiger partial charge in [-0.3, -0.25) is 4.79 Å². The van der Waals surface area contributed by atoms with Gasteiger partial charge in [0.25, 0.3) is 0 Å². The molecule has 0 aliphatic carbocycles. The van der Waals surface area contributed by atoms with Gasteiger partial charge in [-0.05, 0) is 35.0 Å². The van der Waals surface area contributed by atoms with Crippen LogP contribution in [0.4, 0.5) is 5.69 Å². The van der Waals surface area contributed by atoms with E-state index < -0.39 is 0 Å². The predicted octanol–water partition coefficient (Wildman–Crippen LogP) is 2.88. The Labute approximate surface area is 101 Å². The first-order valence-electron chi connectivity index (χ1n) is 4.24. The molecule has 0 saturated heterocycles. The van der Waals surface area contributed by atoms with Crippen LogP contribution in [0, 0.1) is 0 Å². The second kappa shape index (κ2) is 5.28. The van der Waals surface area contributed by atoms with Gasteiger partial charge in [-0.2, -0.15) is 0 Å². The van der Waals surface area contributed by atoms with Gasteiger partial charge in [0.15, 0.2) is 5.78 Å². The third-order valence-electron chi connectivity index (χ3n) is 1.76. The number of ketones is 1. The van der Waals surface area contributed by atoms with Gasteiger partial charge in [0.1, 0.15) is 5.84 Å². The molecule has 0 spiro atoms. The standard InChI is InChI=1S/C10H10BrClN2O/c1-6(15)7-3-2-4-8(11)10(7)14-9(13)5-12/h2-4H,5H2,1H3,(H2,13,14). The van der Waals surface area contributed by atoms with Crippen LogP contribution in [-0.4, -0.2) is 17.5 Å². The molecule has 2 N–H and O–H groups in total. The van der Waals surface area contributed by atoms with Crippen molar-refractivity contribution < 1.29 is 4.79 Å². The normalized spacial score (nSPS) is 11.5. The van der Waals surface area contributed by atoms with E-state index in [0.29, 0.717) is 11.3 Å². The lowest BCUT2D eigenvalue weighted by molar-refractivity contribution is 0.101. The van der Waals surface area contributed by atoms with Crippen molar-refractivity contribution in [2.75, 3.05) is 5.88 Å². The highest BCUT2D eigenvalue weighted by Crippen LogP contribution is 2.29. The zero-order chi connectivity index (χ0) is 11.4. The predicted molar refractivity (Wildman–Crippen MR) is 66.1 cm³/mol. The van der Waals surface area contributed by atoms with E-state index in [1.54, 1.807) is 18.2 Å². The van der Waals surface area contributed by atoms with Crippen LogP contribution in [0.25, 0.3) is 0 Å². The molecule has 0 aliphatic heterocycles. The van der Waals surface area contributed by atoms with Crippen molar-refractivity contribution in [1.82, 2.24) is 0 Å². The Morgan fingerprint density at radius 2 is 2.27 bits per heavy atom. The number of alkyl halides is 1. The highest BCUT2D eigenvalue weighted by atomic mass is 79.9. The number of aliphatic imine (C=N–C) groups is 1. The molecule has 0 atom stereocenters. The van der Waals surface area contributed by atoms with Gasteiger partial charge in [-0.1, -0.05) is 6.07 Å². The summed E-state index contributed by atoms with van der Waals surface area (Å²) in [4.78, 5) is 15.4. The van der Waals surface area contributed by atoms with E-state index in [0.717, 1.165) is 4.47 Å². The number of para-hydroxylation sites is 1. The van der Waals surface area contributed by atoms with E-state index in [9.17, 15) is 4.79 Å². The maximum Gasteiger partial charge on any atom is 0.162 e. The largest absolute Gasteiger partial charge is 0.386 e. The number of carbonyl (C=O) groups is 1. The van der Waals surface area contributed by atoms with Gasteiger partial charge >= 0.3 is 0 Å². The van der Waals surface area contributed by atoms with E-state index in [2.05, 4.69) is 20.9 Å². The first-order chi connectivity index (χ1) is 7.06. The number of carbonyl (C=O) groups excluding carboxylic acids is 1. The summed E-state index contributed by atoms with van der Waals surface area (Å²) in [7, 11) is 0. The van der Waals surface area contributed by atoms with Crippen LogP contribution in [0.1, 0.15) is 17.3 Å². The van der Waals surface area contributed by atoms with Gasteiger partial charge in [0.05, 0.1) is 11.6 Å². The average Bonchev–Trinajstić information content (AvgIpc) is 2.20. The topological polar surface area (TPSA) is 55.5 Å². The Kier molecular flexibility index (Phi) is 4.29. The number of nitrogens with two attached hydrogens (primary N) is 1. The summed E-state index contributed by atoms with van der Waals surface area (Å²) in [6.45, 7) is 1.48. The third-order valence-corrected chi connectivity index (χ3v) is 2.67. The highest BCUT2D eigenvalue weighted by molar-refractivity contribution is 9.10. The maximum absolute atomic E-state index is 11.3. The molecule has 0 aliphatic rings. The van der Waals surface area contributed by atoms with E-state index in [4.69, 9.17) is 17.3 Å². The minimum Gasteiger partial charge on any atom is -0.386 e. The molecule has 0 heterocycles. The Bertz CT molecular complexity index is 418. The quantitative estimate of drug-likeness (QED) is 0.402. The van der Waals surface area contributed by atoms with Gasteiger partial charge in [-0.15, -0.1) is 11.6 Å². The highest BCUT2D eigenvalue weighted by Gasteiger charge is 2.09. The molecule has 3 nitrogen and oxygen atoms in total. The fourth-order valence-electron chi connectivity index (χ4n) is 1.09. The minimum atomic E-state index is -0.0579. The molecule has 0 saturated carbocycles. The Morgan fingerprint density at radius 3 is 2.80 bits per heavy atom. The lowest BCUT2D eigenvalue weighted by Gasteiger charge is -2.05. The summed E-state index contributed by atoms with van der Waals surface area (Å²) >= 11 is 8.85. The monoisotopic (exact) mass is 288 g/mol. The van der Waals surface area contributed by atoms with E-state index in [-0.39, 0.29) is 17.5 Å². The molecule has 0 aromatic heterocycles. The second-order valence-corrected chi connectivity index (χ2v) is 4.05. The zero-order valence-corrected chi connectivity index (χ0v) is 10.5. The van der Waals surface area contributed by atoms with Crippen LogP contribution < -0.4 is 5.73 Å². The summed E-state index contributed by atoms with van der Waals surface area (Å²) in [6, 6.07) is 5.27. The Morgan fingerprint density at radius 1 is 1.60 bits per heavy atom. The van der Waals surface area contributed by atoms with E-state index in [1.165, 1.54) is 6.92 Å². The van der Waals surface area contributed by atoms with Crippen LogP contribution in [-0.2, 0) is 0 Å². The number of hydrogen-bond donors (Lipinski definition) is 1. The second-order valence-electron chi connectivity index (χ2n) is 2.93. The Balaban J connectivity index is 3.31. The molecule has 0 radical (unpaired) electrons. The molecule has 1 rings (SSSR count). The van der Waals surface area contributed by atoms with Gasteiger partial charge in [0.2, 0.25) is 0 Å². The molecule has 5 heteroatoms. The number of amidine groups is 1. The molecular weight excluding hydrogens is 279 g/mol. The van der Waals surface area contributed by atoms with E-state index >= 15 is 0 Å². The van der Waals surface area contributed by atoms with Crippen molar-refractivity contribution in [3.8, 4) is 0 Å². The number of Topliss-reactive ketones (excluding diaryl/α,β-unsaturated/α-hetero) is 1. The lowest BCUT2D eigenvalue weighted by Crippen LogP contribution is -2.12. The summed E-state index contributed by atoms with van der Waals surface area (Å²) < 4.78 is 0.725. The van der Waals surface area contributed by atoms with Crippen LogP contribution in [0.15, 0.2) is 27.7 Å². The molecular formula is C10H10BrClN2O. The van der Waals surface area contributed by atoms with Crippen LogP contribution in [0.3, 0.4) is 0 Å². The van der Waals surface area contributed by atoms with Crippen LogP contribution in [0.5, 0.6) is 0 Å². The number of benzene rings is 1. The summed E-state index contributed by atoms with van der Waals surface area (Å²) in [5, 5.41) is 0. The number of rotatable bonds is 3. The summed E-state index contributed by atoms with van der Waals surface area (Å²) in [6.07, 6.45) is 0. The van der Waals surface area contributed by atoms with Crippen molar-refractivity contribution >= 4 is 44.8 Å². The molecule has 1 aromatic carbocycles. The number of halogens is 2. The SMILES string of the molecule is CC(=O)c1cccc(Br)c1N=C(N)CCl. The van der Waals surface area contributed by atoms with Crippen molar-refractivity contribution in [3.05, 3.63) is 28.2 Å². The average molecular weight is 290 g/mol. The molecule has 0 bridgehead atoms. The van der Waals surface area contributed by atoms with Crippen LogP contribution >= 0.6 is 27.5 Å². The van der Waals surface area contributed by atoms with Gasteiger partial charge in [-0.25, -0.2) is 4.99 Å². The van der Waals surface area contributed by atoms with Crippen LogP contribution in [0.2, 0.25) is 0 Å². The lowest BCUT2D eigenvalue weighted by atomic mass is 10.1. The minimum absolute atomic E-state index is 0.0579. The van der Waals surface area contributed by atoms with Crippen molar-refractivity contribution in [2.45, 2.75) is 6.92 Å². The number of nitrogens with zero attached hydrogens (tertiary/aromatic N) is 1.